The Hall–Kier alpha value is -3.10. The molecule has 0 radical (unpaired) electrons. The van der Waals surface area contributed by atoms with Crippen molar-refractivity contribution in [3.8, 4) is 21.8 Å². The molecule has 0 aliphatic carbocycles. The molecule has 0 fully saturated rings. The van der Waals surface area contributed by atoms with Gasteiger partial charge in [-0.1, -0.05) is 19.9 Å². The van der Waals surface area contributed by atoms with Crippen LogP contribution in [0.15, 0.2) is 54.3 Å². The predicted octanol–water partition coefficient (Wildman–Crippen LogP) is 3.64. The molecule has 0 aliphatic heterocycles. The fourth-order valence-corrected chi connectivity index (χ4v) is 3.99. The summed E-state index contributed by atoms with van der Waals surface area (Å²) in [5.74, 6) is -0.112. The number of carbonyl (C=O) groups is 1. The Morgan fingerprint density at radius 3 is 2.90 bits per heavy atom. The van der Waals surface area contributed by atoms with Gasteiger partial charge in [-0.3, -0.25) is 9.78 Å². The maximum absolute atomic E-state index is 12.7. The van der Waals surface area contributed by atoms with Gasteiger partial charge >= 0.3 is 0 Å². The minimum atomic E-state index is -0.112. The number of nitrogens with one attached hydrogen (secondary N) is 2. The number of hydrogen-bond donors (Lipinski definition) is 2. The highest BCUT2D eigenvalue weighted by Gasteiger charge is 2.14. The van der Waals surface area contributed by atoms with Crippen molar-refractivity contribution in [2.24, 2.45) is 0 Å². The number of nitrogens with zero attached hydrogens (tertiary/aromatic N) is 4. The van der Waals surface area contributed by atoms with Crippen molar-refractivity contribution in [2.75, 3.05) is 13.1 Å². The first-order chi connectivity index (χ1) is 14.7. The van der Waals surface area contributed by atoms with Crippen LogP contribution < -0.4 is 10.6 Å². The summed E-state index contributed by atoms with van der Waals surface area (Å²) in [4.78, 5) is 23.0. The lowest BCUT2D eigenvalue weighted by molar-refractivity contribution is 0.0949. The van der Waals surface area contributed by atoms with Gasteiger partial charge in [0.2, 0.25) is 0 Å². The minimum absolute atomic E-state index is 0.112. The highest BCUT2D eigenvalue weighted by Crippen LogP contribution is 2.27. The third-order valence-corrected chi connectivity index (χ3v) is 5.83. The van der Waals surface area contributed by atoms with Gasteiger partial charge in [-0.05, 0) is 42.6 Å². The summed E-state index contributed by atoms with van der Waals surface area (Å²) in [5.41, 5.74) is 3.64. The average molecular weight is 421 g/mol. The third-order valence-electron chi connectivity index (χ3n) is 4.94. The van der Waals surface area contributed by atoms with Gasteiger partial charge in [-0.15, -0.1) is 11.3 Å². The molecule has 7 nitrogen and oxygen atoms in total. The van der Waals surface area contributed by atoms with Gasteiger partial charge < -0.3 is 10.6 Å². The van der Waals surface area contributed by atoms with Crippen molar-refractivity contribution >= 4 is 22.9 Å². The van der Waals surface area contributed by atoms with Crippen molar-refractivity contribution in [1.82, 2.24) is 30.2 Å². The molecule has 30 heavy (non-hydrogen) atoms. The molecule has 0 spiro atoms. The van der Waals surface area contributed by atoms with Crippen molar-refractivity contribution in [3.63, 3.8) is 0 Å². The van der Waals surface area contributed by atoms with Crippen molar-refractivity contribution in [2.45, 2.75) is 26.3 Å². The second-order valence-electron chi connectivity index (χ2n) is 6.92. The first kappa shape index (κ1) is 20.2. The zero-order chi connectivity index (χ0) is 20.9. The molecule has 4 aromatic rings. The summed E-state index contributed by atoms with van der Waals surface area (Å²) >= 11 is 1.64. The van der Waals surface area contributed by atoms with Crippen molar-refractivity contribution in [3.05, 3.63) is 59.9 Å². The smallest absolute Gasteiger partial charge is 0.251 e. The molecule has 8 heteroatoms. The number of carbonyl (C=O) groups excluding carboxylic acids is 1. The molecular weight excluding hydrogens is 396 g/mol. The lowest BCUT2D eigenvalue weighted by Crippen LogP contribution is -2.40. The maximum atomic E-state index is 12.7. The first-order valence-electron chi connectivity index (χ1n) is 10.1. The van der Waals surface area contributed by atoms with Crippen molar-refractivity contribution < 1.29 is 4.79 Å². The van der Waals surface area contributed by atoms with Gasteiger partial charge in [0.05, 0.1) is 28.0 Å². The molecule has 4 aromatic heterocycles. The maximum Gasteiger partial charge on any atom is 0.251 e. The molecule has 1 amide bonds. The van der Waals surface area contributed by atoms with Crippen LogP contribution in [0.5, 0.6) is 0 Å². The van der Waals surface area contributed by atoms with Crippen LogP contribution in [0.25, 0.3) is 27.5 Å². The monoisotopic (exact) mass is 420 g/mol. The molecule has 2 N–H and O–H groups in total. The Morgan fingerprint density at radius 2 is 2.13 bits per heavy atom. The number of thiophene rings is 1. The number of fused-ring (bicyclic) bond motifs is 1. The van der Waals surface area contributed by atoms with Gasteiger partial charge in [0.25, 0.3) is 5.91 Å². The number of amides is 1. The zero-order valence-electron chi connectivity index (χ0n) is 17.0. The second-order valence-corrected chi connectivity index (χ2v) is 7.87. The van der Waals surface area contributed by atoms with E-state index in [1.807, 2.05) is 29.8 Å². The molecule has 0 aromatic carbocycles. The van der Waals surface area contributed by atoms with Crippen LogP contribution in [0.1, 0.15) is 30.6 Å². The largest absolute Gasteiger partial charge is 0.350 e. The Bertz CT molecular complexity index is 1140. The van der Waals surface area contributed by atoms with Gasteiger partial charge in [0.1, 0.15) is 0 Å². The summed E-state index contributed by atoms with van der Waals surface area (Å²) in [6.07, 6.45) is 6.24. The number of hydrogen-bond acceptors (Lipinski definition) is 6. The Morgan fingerprint density at radius 1 is 1.23 bits per heavy atom. The second kappa shape index (κ2) is 9.15. The van der Waals surface area contributed by atoms with E-state index in [0.717, 1.165) is 29.1 Å². The number of rotatable bonds is 8. The van der Waals surface area contributed by atoms with Crippen LogP contribution in [0, 0.1) is 0 Å². The summed E-state index contributed by atoms with van der Waals surface area (Å²) < 4.78 is 1.73. The quantitative estimate of drug-likeness (QED) is 0.455. The summed E-state index contributed by atoms with van der Waals surface area (Å²) in [5, 5.41) is 12.8. The molecule has 1 atom stereocenters. The van der Waals surface area contributed by atoms with E-state index in [9.17, 15) is 4.79 Å². The van der Waals surface area contributed by atoms with Crippen LogP contribution in [-0.2, 0) is 0 Å². The molecule has 0 bridgehead atoms. The number of pyridine rings is 1. The lowest BCUT2D eigenvalue weighted by Gasteiger charge is -2.16. The van der Waals surface area contributed by atoms with Crippen LogP contribution in [0.2, 0.25) is 0 Å². The van der Waals surface area contributed by atoms with E-state index >= 15 is 0 Å². The highest BCUT2D eigenvalue weighted by molar-refractivity contribution is 7.13. The van der Waals surface area contributed by atoms with Crippen LogP contribution in [0.4, 0.5) is 0 Å². The minimum Gasteiger partial charge on any atom is -0.350 e. The SMILES string of the molecule is CCNC(CC)CNC(=O)c1ccnc(-c2cnn3ccc(-c4cccs4)nc23)c1. The zero-order valence-corrected chi connectivity index (χ0v) is 17.8. The first-order valence-corrected chi connectivity index (χ1v) is 10.9. The van der Waals surface area contributed by atoms with Crippen molar-refractivity contribution in [1.29, 1.82) is 0 Å². The predicted molar refractivity (Wildman–Crippen MR) is 120 cm³/mol. The van der Waals surface area contributed by atoms with E-state index in [2.05, 4.69) is 34.6 Å². The molecule has 0 saturated carbocycles. The molecule has 154 valence electrons. The van der Waals surface area contributed by atoms with E-state index in [0.29, 0.717) is 23.4 Å². The Balaban J connectivity index is 1.60. The van der Waals surface area contributed by atoms with Gasteiger partial charge in [0.15, 0.2) is 5.65 Å². The third kappa shape index (κ3) is 4.24. The Labute approximate surface area is 179 Å². The molecular formula is C22H24N6OS. The number of likely N-dealkylation sites (N-methyl/N-ethyl adjacent to an activating group) is 1. The fourth-order valence-electron chi connectivity index (χ4n) is 3.30. The molecule has 4 heterocycles. The standard InChI is InChI=1S/C22H24N6OS/c1-3-16(23-4-2)13-25-22(29)15-7-9-24-19(12-15)17-14-26-28-10-8-18(27-21(17)28)20-6-5-11-30-20/h5-12,14,16,23H,3-4,13H2,1-2H3,(H,25,29). The highest BCUT2D eigenvalue weighted by atomic mass is 32.1. The lowest BCUT2D eigenvalue weighted by atomic mass is 10.1. The normalized spacial score (nSPS) is 12.2. The van der Waals surface area contributed by atoms with Gasteiger partial charge in [0, 0.05) is 30.5 Å². The molecule has 1 unspecified atom stereocenters. The summed E-state index contributed by atoms with van der Waals surface area (Å²) in [7, 11) is 0. The van der Waals surface area contributed by atoms with Gasteiger partial charge in [-0.2, -0.15) is 5.10 Å². The van der Waals surface area contributed by atoms with E-state index in [4.69, 9.17) is 4.98 Å². The van der Waals surface area contributed by atoms with Crippen LogP contribution in [0.3, 0.4) is 0 Å². The fraction of sp³-hybridized carbons (Fsp3) is 0.273. The van der Waals surface area contributed by atoms with E-state index in [1.165, 1.54) is 0 Å². The van der Waals surface area contributed by atoms with E-state index in [1.54, 1.807) is 40.4 Å². The summed E-state index contributed by atoms with van der Waals surface area (Å²) in [6.45, 7) is 5.63. The molecule has 0 aliphatic rings. The topological polar surface area (TPSA) is 84.2 Å². The molecule has 4 rings (SSSR count). The number of aromatic nitrogens is 4. The average Bonchev–Trinajstić information content (AvgIpc) is 3.46. The van der Waals surface area contributed by atoms with E-state index < -0.39 is 0 Å². The van der Waals surface area contributed by atoms with Crippen LogP contribution >= 0.6 is 11.3 Å². The Kier molecular flexibility index (Phi) is 6.15. The summed E-state index contributed by atoms with van der Waals surface area (Å²) in [6, 6.07) is 9.77. The van der Waals surface area contributed by atoms with E-state index in [-0.39, 0.29) is 11.9 Å². The van der Waals surface area contributed by atoms with Crippen LogP contribution in [-0.4, -0.2) is 44.6 Å². The van der Waals surface area contributed by atoms with Gasteiger partial charge in [-0.25, -0.2) is 9.50 Å². The molecule has 0 saturated heterocycles.